The number of pyridine rings is 1. The number of para-hydroxylation sites is 1. The SMILES string of the molecule is O=[N+]([O-])c1ccccc1Sc1cccnc1. The van der Waals surface area contributed by atoms with Gasteiger partial charge in [-0.1, -0.05) is 23.9 Å². The third kappa shape index (κ3) is 2.38. The van der Waals surface area contributed by atoms with E-state index < -0.39 is 0 Å². The minimum Gasteiger partial charge on any atom is -0.264 e. The van der Waals surface area contributed by atoms with Crippen LogP contribution in [0.25, 0.3) is 0 Å². The second-order valence-corrected chi connectivity index (χ2v) is 4.13. The van der Waals surface area contributed by atoms with E-state index in [0.717, 1.165) is 4.90 Å². The van der Waals surface area contributed by atoms with E-state index >= 15 is 0 Å². The van der Waals surface area contributed by atoms with Crippen molar-refractivity contribution >= 4 is 17.4 Å². The molecule has 1 aromatic heterocycles. The number of nitrogens with zero attached hydrogens (tertiary/aromatic N) is 2. The largest absolute Gasteiger partial charge is 0.283 e. The van der Waals surface area contributed by atoms with Crippen LogP contribution < -0.4 is 0 Å². The van der Waals surface area contributed by atoms with Crippen molar-refractivity contribution in [3.8, 4) is 0 Å². The molecule has 0 unspecified atom stereocenters. The van der Waals surface area contributed by atoms with Gasteiger partial charge in [-0.15, -0.1) is 0 Å². The van der Waals surface area contributed by atoms with Gasteiger partial charge >= 0.3 is 0 Å². The van der Waals surface area contributed by atoms with Crippen molar-refractivity contribution in [3.63, 3.8) is 0 Å². The smallest absolute Gasteiger partial charge is 0.264 e. The molecule has 80 valence electrons. The zero-order valence-electron chi connectivity index (χ0n) is 8.24. The number of hydrogen-bond acceptors (Lipinski definition) is 4. The van der Waals surface area contributed by atoms with Gasteiger partial charge in [0.1, 0.15) is 0 Å². The summed E-state index contributed by atoms with van der Waals surface area (Å²) in [6, 6.07) is 10.3. The molecular weight excluding hydrogens is 224 g/mol. The van der Waals surface area contributed by atoms with E-state index in [9.17, 15) is 10.1 Å². The Morgan fingerprint density at radius 3 is 2.69 bits per heavy atom. The van der Waals surface area contributed by atoms with Gasteiger partial charge in [-0.2, -0.15) is 0 Å². The number of rotatable bonds is 3. The van der Waals surface area contributed by atoms with Crippen LogP contribution in [0.3, 0.4) is 0 Å². The highest BCUT2D eigenvalue weighted by Gasteiger charge is 2.12. The van der Waals surface area contributed by atoms with E-state index in [4.69, 9.17) is 0 Å². The summed E-state index contributed by atoms with van der Waals surface area (Å²) >= 11 is 1.34. The van der Waals surface area contributed by atoms with Gasteiger partial charge in [0.05, 0.1) is 9.82 Å². The maximum absolute atomic E-state index is 10.8. The average Bonchev–Trinajstić information content (AvgIpc) is 2.31. The predicted molar refractivity (Wildman–Crippen MR) is 61.5 cm³/mol. The van der Waals surface area contributed by atoms with Crippen molar-refractivity contribution < 1.29 is 4.92 Å². The third-order valence-corrected chi connectivity index (χ3v) is 2.97. The second kappa shape index (κ2) is 4.76. The summed E-state index contributed by atoms with van der Waals surface area (Å²) in [6.07, 6.45) is 3.35. The van der Waals surface area contributed by atoms with Gasteiger partial charge in [-0.05, 0) is 18.2 Å². The number of nitro benzene ring substituents is 1. The molecule has 0 bridgehead atoms. The van der Waals surface area contributed by atoms with Crippen molar-refractivity contribution in [3.05, 3.63) is 58.9 Å². The lowest BCUT2D eigenvalue weighted by Gasteiger charge is -2.01. The highest BCUT2D eigenvalue weighted by molar-refractivity contribution is 7.99. The van der Waals surface area contributed by atoms with Gasteiger partial charge in [0.25, 0.3) is 5.69 Å². The maximum Gasteiger partial charge on any atom is 0.283 e. The van der Waals surface area contributed by atoms with Crippen LogP contribution in [0.4, 0.5) is 5.69 Å². The molecule has 0 spiro atoms. The first kappa shape index (κ1) is 10.6. The van der Waals surface area contributed by atoms with Crippen molar-refractivity contribution in [2.45, 2.75) is 9.79 Å². The highest BCUT2D eigenvalue weighted by Crippen LogP contribution is 2.33. The molecule has 0 aliphatic carbocycles. The van der Waals surface area contributed by atoms with E-state index in [0.29, 0.717) is 4.90 Å². The Hall–Kier alpha value is -1.88. The molecule has 1 heterocycles. The van der Waals surface area contributed by atoms with Gasteiger partial charge < -0.3 is 0 Å². The Morgan fingerprint density at radius 1 is 1.19 bits per heavy atom. The van der Waals surface area contributed by atoms with Crippen LogP contribution in [0.5, 0.6) is 0 Å². The molecule has 0 aliphatic heterocycles. The minimum absolute atomic E-state index is 0.122. The van der Waals surface area contributed by atoms with Crippen LogP contribution in [0.15, 0.2) is 58.6 Å². The van der Waals surface area contributed by atoms with Gasteiger partial charge in [0.2, 0.25) is 0 Å². The van der Waals surface area contributed by atoms with Gasteiger partial charge in [-0.25, -0.2) is 0 Å². The van der Waals surface area contributed by atoms with Crippen molar-refractivity contribution in [2.24, 2.45) is 0 Å². The van der Waals surface area contributed by atoms with Crippen LogP contribution in [-0.2, 0) is 0 Å². The van der Waals surface area contributed by atoms with E-state index in [1.54, 1.807) is 36.7 Å². The molecule has 0 aliphatic rings. The Labute approximate surface area is 96.5 Å². The number of hydrogen-bond donors (Lipinski definition) is 0. The summed E-state index contributed by atoms with van der Waals surface area (Å²) < 4.78 is 0. The average molecular weight is 232 g/mol. The van der Waals surface area contributed by atoms with Crippen LogP contribution in [-0.4, -0.2) is 9.91 Å². The van der Waals surface area contributed by atoms with Gasteiger partial charge in [0, 0.05) is 23.4 Å². The third-order valence-electron chi connectivity index (χ3n) is 1.92. The first-order chi connectivity index (χ1) is 7.77. The molecular formula is C11H8N2O2S. The molecule has 1 aromatic carbocycles. The summed E-state index contributed by atoms with van der Waals surface area (Å²) in [7, 11) is 0. The zero-order chi connectivity index (χ0) is 11.4. The number of aromatic nitrogens is 1. The van der Waals surface area contributed by atoms with Gasteiger partial charge in [0.15, 0.2) is 0 Å². The molecule has 0 radical (unpaired) electrons. The fraction of sp³-hybridized carbons (Fsp3) is 0. The second-order valence-electron chi connectivity index (χ2n) is 3.02. The molecule has 0 fully saturated rings. The quantitative estimate of drug-likeness (QED) is 0.602. The number of nitro groups is 1. The molecule has 2 rings (SSSR count). The Bertz CT molecular complexity index is 502. The lowest BCUT2D eigenvalue weighted by Crippen LogP contribution is -1.89. The predicted octanol–water partition coefficient (Wildman–Crippen LogP) is 3.14. The Kier molecular flexibility index (Phi) is 3.16. The maximum atomic E-state index is 10.8. The molecule has 5 heteroatoms. The fourth-order valence-corrected chi connectivity index (χ4v) is 2.14. The molecule has 0 atom stereocenters. The topological polar surface area (TPSA) is 56.0 Å². The lowest BCUT2D eigenvalue weighted by atomic mass is 10.3. The summed E-state index contributed by atoms with van der Waals surface area (Å²) in [5.41, 5.74) is 0.122. The molecule has 0 saturated heterocycles. The normalized spacial score (nSPS) is 10.0. The molecule has 16 heavy (non-hydrogen) atoms. The first-order valence-electron chi connectivity index (χ1n) is 4.58. The summed E-state index contributed by atoms with van der Waals surface area (Å²) in [6.45, 7) is 0. The van der Waals surface area contributed by atoms with E-state index in [-0.39, 0.29) is 10.6 Å². The molecule has 4 nitrogen and oxygen atoms in total. The molecule has 0 amide bonds. The van der Waals surface area contributed by atoms with Crippen LogP contribution >= 0.6 is 11.8 Å². The molecule has 0 saturated carbocycles. The molecule has 2 aromatic rings. The van der Waals surface area contributed by atoms with Crippen LogP contribution in [0, 0.1) is 10.1 Å². The monoisotopic (exact) mass is 232 g/mol. The van der Waals surface area contributed by atoms with Crippen molar-refractivity contribution in [2.75, 3.05) is 0 Å². The highest BCUT2D eigenvalue weighted by atomic mass is 32.2. The minimum atomic E-state index is -0.376. The van der Waals surface area contributed by atoms with Gasteiger partial charge in [-0.3, -0.25) is 15.1 Å². The van der Waals surface area contributed by atoms with Crippen molar-refractivity contribution in [1.29, 1.82) is 0 Å². The first-order valence-corrected chi connectivity index (χ1v) is 5.40. The Morgan fingerprint density at radius 2 is 2.00 bits per heavy atom. The van der Waals surface area contributed by atoms with E-state index in [1.165, 1.54) is 17.8 Å². The Balaban J connectivity index is 2.31. The summed E-state index contributed by atoms with van der Waals surface area (Å²) in [5, 5.41) is 10.8. The standard InChI is InChI=1S/C11H8N2O2S/c14-13(15)10-5-1-2-6-11(10)16-9-4-3-7-12-8-9/h1-8H. The zero-order valence-corrected chi connectivity index (χ0v) is 9.05. The van der Waals surface area contributed by atoms with E-state index in [2.05, 4.69) is 4.98 Å². The lowest BCUT2D eigenvalue weighted by molar-refractivity contribution is -0.387. The summed E-state index contributed by atoms with van der Waals surface area (Å²) in [4.78, 5) is 15.9. The summed E-state index contributed by atoms with van der Waals surface area (Å²) in [5.74, 6) is 0. The van der Waals surface area contributed by atoms with Crippen LogP contribution in [0.2, 0.25) is 0 Å². The van der Waals surface area contributed by atoms with Crippen molar-refractivity contribution in [1.82, 2.24) is 4.98 Å². The van der Waals surface area contributed by atoms with E-state index in [1.807, 2.05) is 6.07 Å². The fourth-order valence-electron chi connectivity index (χ4n) is 1.23. The molecule has 0 N–H and O–H groups in total. The number of benzene rings is 1. The van der Waals surface area contributed by atoms with Crippen LogP contribution in [0.1, 0.15) is 0 Å².